The van der Waals surface area contributed by atoms with Crippen LogP contribution < -0.4 is 15.8 Å². The van der Waals surface area contributed by atoms with E-state index < -0.39 is 15.8 Å². The Morgan fingerprint density at radius 2 is 2.07 bits per heavy atom. The normalized spacial score (nSPS) is 19.3. The van der Waals surface area contributed by atoms with Crippen LogP contribution in [-0.4, -0.2) is 20.4 Å². The van der Waals surface area contributed by atoms with E-state index in [1.54, 1.807) is 11.4 Å². The summed E-state index contributed by atoms with van der Waals surface area (Å²) < 4.78 is 40.8. The number of anilines is 2. The first-order chi connectivity index (χ1) is 12.3. The second kappa shape index (κ2) is 9.01. The molecular formula is C17H21ClFN3O3S2. The van der Waals surface area contributed by atoms with Gasteiger partial charge in [0, 0.05) is 18.2 Å². The molecule has 6 nitrogen and oxygen atoms in total. The van der Waals surface area contributed by atoms with Gasteiger partial charge in [-0.2, -0.15) is 0 Å². The molecule has 2 atom stereocenters. The van der Waals surface area contributed by atoms with E-state index in [1.807, 2.05) is 0 Å². The highest BCUT2D eigenvalue weighted by Crippen LogP contribution is 2.28. The number of nitrogens with one attached hydrogen (secondary N) is 2. The van der Waals surface area contributed by atoms with Crippen LogP contribution in [-0.2, 0) is 14.8 Å². The molecule has 27 heavy (non-hydrogen) atoms. The second-order valence-corrected chi connectivity index (χ2v) is 9.20. The third-order valence-electron chi connectivity index (χ3n) is 4.42. The van der Waals surface area contributed by atoms with Crippen LogP contribution in [0.25, 0.3) is 0 Å². The number of hydrogen-bond donors (Lipinski definition) is 3. The van der Waals surface area contributed by atoms with Gasteiger partial charge in [0.1, 0.15) is 10.0 Å². The summed E-state index contributed by atoms with van der Waals surface area (Å²) in [4.78, 5) is 12.2. The molecule has 10 heteroatoms. The predicted octanol–water partition coefficient (Wildman–Crippen LogP) is 3.57. The number of rotatable bonds is 6. The highest BCUT2D eigenvalue weighted by atomic mass is 35.5. The highest BCUT2D eigenvalue weighted by Gasteiger charge is 2.26. The van der Waals surface area contributed by atoms with Crippen molar-refractivity contribution in [1.82, 2.24) is 0 Å². The van der Waals surface area contributed by atoms with Gasteiger partial charge in [0.15, 0.2) is 0 Å². The van der Waals surface area contributed by atoms with Crippen molar-refractivity contribution in [2.24, 2.45) is 11.7 Å². The smallest absolute Gasteiger partial charge is 0.271 e. The van der Waals surface area contributed by atoms with Gasteiger partial charge >= 0.3 is 0 Å². The monoisotopic (exact) mass is 433 g/mol. The number of carbonyl (C=O) groups excluding carboxylic acids is 1. The number of thiophene rings is 1. The average Bonchev–Trinajstić information content (AvgIpc) is 3.23. The van der Waals surface area contributed by atoms with E-state index in [0.29, 0.717) is 12.1 Å². The summed E-state index contributed by atoms with van der Waals surface area (Å²) in [5.41, 5.74) is 6.09. The van der Waals surface area contributed by atoms with Gasteiger partial charge in [0.2, 0.25) is 5.91 Å². The number of nitrogens with two attached hydrogens (primary N) is 1. The van der Waals surface area contributed by atoms with Crippen molar-refractivity contribution in [2.75, 3.05) is 10.0 Å². The molecule has 1 amide bonds. The summed E-state index contributed by atoms with van der Waals surface area (Å²) in [6.07, 6.45) is 3.16. The third-order valence-corrected chi connectivity index (χ3v) is 7.18. The standard InChI is InChI=1S/C17H20FN3O3S2.ClH/c18-13-7-6-12(20-16(22)9-11-3-1-4-14(11)19)10-15(13)21-26(23,24)17-5-2-8-25-17;/h2,5-8,10-11,14,21H,1,3-4,9,19H2,(H,20,22);1H/t11-,14+;/m0./s1. The van der Waals surface area contributed by atoms with Crippen molar-refractivity contribution in [1.29, 1.82) is 0 Å². The lowest BCUT2D eigenvalue weighted by atomic mass is 10.00. The number of carbonyl (C=O) groups is 1. The molecule has 4 N–H and O–H groups in total. The van der Waals surface area contributed by atoms with Crippen molar-refractivity contribution in [2.45, 2.75) is 35.9 Å². The molecule has 1 aliphatic carbocycles. The van der Waals surface area contributed by atoms with Crippen LogP contribution in [0.4, 0.5) is 15.8 Å². The minimum Gasteiger partial charge on any atom is -0.327 e. The molecule has 1 heterocycles. The number of amides is 1. The summed E-state index contributed by atoms with van der Waals surface area (Å²) in [5, 5.41) is 4.30. The van der Waals surface area contributed by atoms with E-state index in [2.05, 4.69) is 10.0 Å². The molecule has 1 saturated carbocycles. The topological polar surface area (TPSA) is 101 Å². The summed E-state index contributed by atoms with van der Waals surface area (Å²) in [6.45, 7) is 0. The Morgan fingerprint density at radius 3 is 2.70 bits per heavy atom. The largest absolute Gasteiger partial charge is 0.327 e. The average molecular weight is 434 g/mol. The predicted molar refractivity (Wildman–Crippen MR) is 107 cm³/mol. The Morgan fingerprint density at radius 1 is 1.30 bits per heavy atom. The first-order valence-electron chi connectivity index (χ1n) is 8.26. The van der Waals surface area contributed by atoms with Gasteiger partial charge in [0.25, 0.3) is 10.0 Å². The van der Waals surface area contributed by atoms with Crippen LogP contribution in [0, 0.1) is 11.7 Å². The molecule has 0 radical (unpaired) electrons. The van der Waals surface area contributed by atoms with Gasteiger partial charge in [-0.25, -0.2) is 12.8 Å². The van der Waals surface area contributed by atoms with E-state index >= 15 is 0 Å². The van der Waals surface area contributed by atoms with Crippen molar-refractivity contribution >= 4 is 51.0 Å². The maximum Gasteiger partial charge on any atom is 0.271 e. The van der Waals surface area contributed by atoms with E-state index in [1.165, 1.54) is 18.2 Å². The molecule has 3 rings (SSSR count). The van der Waals surface area contributed by atoms with Crippen LogP contribution in [0.5, 0.6) is 0 Å². The molecule has 0 spiro atoms. The molecule has 2 aromatic rings. The van der Waals surface area contributed by atoms with Gasteiger partial charge in [-0.1, -0.05) is 12.5 Å². The molecule has 1 aliphatic rings. The van der Waals surface area contributed by atoms with E-state index in [9.17, 15) is 17.6 Å². The second-order valence-electron chi connectivity index (χ2n) is 6.34. The molecule has 0 bridgehead atoms. The summed E-state index contributed by atoms with van der Waals surface area (Å²) in [5.74, 6) is -0.792. The Bertz CT molecular complexity index is 891. The van der Waals surface area contributed by atoms with Gasteiger partial charge < -0.3 is 11.1 Å². The number of hydrogen-bond acceptors (Lipinski definition) is 5. The van der Waals surface area contributed by atoms with Crippen LogP contribution in [0.2, 0.25) is 0 Å². The van der Waals surface area contributed by atoms with Crippen LogP contribution in [0.15, 0.2) is 39.9 Å². The van der Waals surface area contributed by atoms with Crippen molar-refractivity contribution in [3.8, 4) is 0 Å². The first kappa shape index (κ1) is 21.6. The number of benzene rings is 1. The first-order valence-corrected chi connectivity index (χ1v) is 10.6. The Hall–Kier alpha value is -1.68. The van der Waals surface area contributed by atoms with Crippen molar-refractivity contribution < 1.29 is 17.6 Å². The summed E-state index contributed by atoms with van der Waals surface area (Å²) >= 11 is 1.03. The summed E-state index contributed by atoms with van der Waals surface area (Å²) in [6, 6.07) is 6.84. The lowest BCUT2D eigenvalue weighted by molar-refractivity contribution is -0.117. The minimum atomic E-state index is -3.86. The number of halogens is 2. The SMILES string of the molecule is Cl.N[C@@H]1CCC[C@H]1CC(=O)Nc1ccc(F)c(NS(=O)(=O)c2cccs2)c1. The van der Waals surface area contributed by atoms with Crippen molar-refractivity contribution in [3.63, 3.8) is 0 Å². The van der Waals surface area contributed by atoms with Gasteiger partial charge in [-0.05, 0) is 48.4 Å². The maximum absolute atomic E-state index is 14.0. The van der Waals surface area contributed by atoms with Gasteiger partial charge in [-0.3, -0.25) is 9.52 Å². The minimum absolute atomic E-state index is 0. The number of sulfonamides is 1. The van der Waals surface area contributed by atoms with E-state index in [0.717, 1.165) is 36.7 Å². The maximum atomic E-state index is 14.0. The fourth-order valence-electron chi connectivity index (χ4n) is 3.06. The zero-order valence-electron chi connectivity index (χ0n) is 14.4. The van der Waals surface area contributed by atoms with Gasteiger partial charge in [0.05, 0.1) is 5.69 Å². The third kappa shape index (κ3) is 5.41. The fraction of sp³-hybridized carbons (Fsp3) is 0.353. The quantitative estimate of drug-likeness (QED) is 0.648. The van der Waals surface area contributed by atoms with Crippen LogP contribution >= 0.6 is 23.7 Å². The molecule has 0 aliphatic heterocycles. The molecule has 0 unspecified atom stereocenters. The van der Waals surface area contributed by atoms with Crippen LogP contribution in [0.3, 0.4) is 0 Å². The van der Waals surface area contributed by atoms with Crippen LogP contribution in [0.1, 0.15) is 25.7 Å². The molecule has 0 saturated heterocycles. The molecule has 148 valence electrons. The molecular weight excluding hydrogens is 413 g/mol. The lowest BCUT2D eigenvalue weighted by Crippen LogP contribution is -2.28. The molecule has 1 aromatic carbocycles. The Kier molecular flexibility index (Phi) is 7.21. The molecule has 1 fully saturated rings. The van der Waals surface area contributed by atoms with E-state index in [-0.39, 0.29) is 40.2 Å². The van der Waals surface area contributed by atoms with E-state index in [4.69, 9.17) is 5.73 Å². The Balaban J connectivity index is 0.00000261. The zero-order chi connectivity index (χ0) is 18.7. The zero-order valence-corrected chi connectivity index (χ0v) is 16.8. The Labute approximate surface area is 167 Å². The lowest BCUT2D eigenvalue weighted by Gasteiger charge is -2.15. The highest BCUT2D eigenvalue weighted by molar-refractivity contribution is 7.94. The molecule has 1 aromatic heterocycles. The van der Waals surface area contributed by atoms with Crippen molar-refractivity contribution in [3.05, 3.63) is 41.5 Å². The van der Waals surface area contributed by atoms with Gasteiger partial charge in [-0.15, -0.1) is 23.7 Å². The fourth-order valence-corrected chi connectivity index (χ4v) is 5.11. The summed E-state index contributed by atoms with van der Waals surface area (Å²) in [7, 11) is -3.86.